The summed E-state index contributed by atoms with van der Waals surface area (Å²) in [4.78, 5) is 29.0. The Kier molecular flexibility index (Phi) is 8.05. The zero-order valence-electron chi connectivity index (χ0n) is 22.0. The second-order valence-corrected chi connectivity index (χ2v) is 12.2. The highest BCUT2D eigenvalue weighted by Crippen LogP contribution is 2.32. The van der Waals surface area contributed by atoms with Gasteiger partial charge in [-0.3, -0.25) is 0 Å². The van der Waals surface area contributed by atoms with Crippen LogP contribution < -0.4 is 14.4 Å². The van der Waals surface area contributed by atoms with Gasteiger partial charge < -0.3 is 24.0 Å². The highest BCUT2D eigenvalue weighted by atomic mass is 32.2. The van der Waals surface area contributed by atoms with Crippen molar-refractivity contribution in [1.82, 2.24) is 19.9 Å². The summed E-state index contributed by atoms with van der Waals surface area (Å²) in [5, 5.41) is -0.367. The Morgan fingerprint density at radius 1 is 1.05 bits per heavy atom. The number of hydrogen-bond donors (Lipinski definition) is 0. The van der Waals surface area contributed by atoms with E-state index in [1.54, 1.807) is 4.90 Å². The zero-order chi connectivity index (χ0) is 26.7. The number of carbonyl (C=O) groups excluding carboxylic acids is 1. The van der Waals surface area contributed by atoms with Gasteiger partial charge in [0, 0.05) is 45.3 Å². The number of nitrogens with zero attached hydrogens (tertiary/aromatic N) is 5. The fourth-order valence-corrected chi connectivity index (χ4v) is 5.42. The van der Waals surface area contributed by atoms with Crippen LogP contribution in [0, 0.1) is 13.8 Å². The molecule has 4 heterocycles. The number of anilines is 1. The number of piperidine rings is 1. The van der Waals surface area contributed by atoms with E-state index in [-0.39, 0.29) is 23.6 Å². The van der Waals surface area contributed by atoms with E-state index in [0.717, 1.165) is 5.82 Å². The summed E-state index contributed by atoms with van der Waals surface area (Å²) in [6.07, 6.45) is 4.11. The molecule has 2 aliphatic heterocycles. The van der Waals surface area contributed by atoms with E-state index in [9.17, 15) is 13.2 Å². The van der Waals surface area contributed by atoms with Crippen LogP contribution in [0.4, 0.5) is 10.6 Å². The van der Waals surface area contributed by atoms with E-state index in [1.165, 1.54) is 12.6 Å². The maximum Gasteiger partial charge on any atom is 0.410 e. The topological polar surface area (TPSA) is 124 Å². The molecular weight excluding hydrogens is 498 g/mol. The van der Waals surface area contributed by atoms with Gasteiger partial charge in [-0.15, -0.1) is 0 Å². The maximum absolute atomic E-state index is 12.1. The van der Waals surface area contributed by atoms with Crippen LogP contribution in [0.25, 0.3) is 0 Å². The molecule has 4 rings (SSSR count). The molecule has 2 fully saturated rings. The Bertz CT molecular complexity index is 1230. The molecule has 0 radical (unpaired) electrons. The summed E-state index contributed by atoms with van der Waals surface area (Å²) in [6, 6.07) is 3.65. The average molecular weight is 534 g/mol. The van der Waals surface area contributed by atoms with Crippen molar-refractivity contribution < 1.29 is 27.4 Å². The van der Waals surface area contributed by atoms with Crippen molar-refractivity contribution in [3.8, 4) is 17.5 Å². The third-order valence-electron chi connectivity index (χ3n) is 6.61. The number of hydrogen-bond acceptors (Lipinski definition) is 10. The van der Waals surface area contributed by atoms with E-state index < -0.39 is 9.84 Å². The van der Waals surface area contributed by atoms with Crippen LogP contribution in [0.15, 0.2) is 18.5 Å². The summed E-state index contributed by atoms with van der Waals surface area (Å²) >= 11 is 0. The first-order valence-electron chi connectivity index (χ1n) is 12.5. The molecule has 0 N–H and O–H groups in total. The van der Waals surface area contributed by atoms with Gasteiger partial charge in [0.2, 0.25) is 11.8 Å². The van der Waals surface area contributed by atoms with Crippen molar-refractivity contribution >= 4 is 21.7 Å². The molecule has 0 aromatic carbocycles. The molecule has 0 aliphatic carbocycles. The Morgan fingerprint density at radius 2 is 1.76 bits per heavy atom. The minimum atomic E-state index is -3.08. The van der Waals surface area contributed by atoms with Crippen LogP contribution in [-0.2, 0) is 14.6 Å². The minimum Gasteiger partial charge on any atom is -0.474 e. The molecule has 12 heteroatoms. The van der Waals surface area contributed by atoms with Crippen molar-refractivity contribution in [3.05, 3.63) is 29.7 Å². The maximum atomic E-state index is 12.1. The van der Waals surface area contributed by atoms with E-state index >= 15 is 0 Å². The molecule has 0 saturated carbocycles. The lowest BCUT2D eigenvalue weighted by Crippen LogP contribution is -2.42. The molecule has 2 aliphatic rings. The average Bonchev–Trinajstić information content (AvgIpc) is 3.34. The fourth-order valence-electron chi connectivity index (χ4n) is 4.44. The molecule has 0 bridgehead atoms. The van der Waals surface area contributed by atoms with Gasteiger partial charge in [-0.05, 0) is 46.2 Å². The minimum absolute atomic E-state index is 0.0801. The quantitative estimate of drug-likeness (QED) is 0.523. The lowest BCUT2D eigenvalue weighted by atomic mass is 10.1. The Hall–Kier alpha value is -3.15. The second kappa shape index (κ2) is 11.1. The first kappa shape index (κ1) is 26.9. The second-order valence-electron chi connectivity index (χ2n) is 9.89. The summed E-state index contributed by atoms with van der Waals surface area (Å²) in [7, 11) is -3.08. The number of pyridine rings is 1. The van der Waals surface area contributed by atoms with Gasteiger partial charge in [-0.2, -0.15) is 0 Å². The third-order valence-corrected chi connectivity index (χ3v) is 8.21. The lowest BCUT2D eigenvalue weighted by Gasteiger charge is -2.31. The van der Waals surface area contributed by atoms with Crippen molar-refractivity contribution in [2.24, 2.45) is 0 Å². The van der Waals surface area contributed by atoms with Gasteiger partial charge in [-0.1, -0.05) is 0 Å². The zero-order valence-corrected chi connectivity index (χ0v) is 22.8. The summed E-state index contributed by atoms with van der Waals surface area (Å²) in [5.74, 6) is 2.09. The highest BCUT2D eigenvalue weighted by molar-refractivity contribution is 7.91. The number of rotatable bonds is 7. The smallest absolute Gasteiger partial charge is 0.410 e. The van der Waals surface area contributed by atoms with E-state index in [4.69, 9.17) is 14.2 Å². The van der Waals surface area contributed by atoms with Crippen LogP contribution in [0.2, 0.25) is 0 Å². The first-order valence-corrected chi connectivity index (χ1v) is 14.5. The van der Waals surface area contributed by atoms with Crippen molar-refractivity contribution in [2.45, 2.75) is 64.4 Å². The molecular formula is C25H35N5O6S. The number of carbonyl (C=O) groups is 1. The Balaban J connectivity index is 1.38. The number of aryl methyl sites for hydroxylation is 1. The Labute approximate surface area is 218 Å². The van der Waals surface area contributed by atoms with Gasteiger partial charge in [0.1, 0.15) is 18.2 Å². The predicted octanol–water partition coefficient (Wildman–Crippen LogP) is 3.29. The van der Waals surface area contributed by atoms with E-state index in [0.29, 0.717) is 74.2 Å². The van der Waals surface area contributed by atoms with Gasteiger partial charge in [0.05, 0.1) is 22.6 Å². The van der Waals surface area contributed by atoms with Crippen LogP contribution in [0.5, 0.6) is 17.5 Å². The number of aromatic nitrogens is 3. The molecule has 1 amide bonds. The van der Waals surface area contributed by atoms with Crippen molar-refractivity contribution in [1.29, 1.82) is 0 Å². The highest BCUT2D eigenvalue weighted by Gasteiger charge is 2.31. The number of ether oxygens (including phenoxy) is 3. The van der Waals surface area contributed by atoms with Gasteiger partial charge in [0.25, 0.3) is 0 Å². The molecule has 2 saturated heterocycles. The molecule has 1 unspecified atom stereocenters. The van der Waals surface area contributed by atoms with Gasteiger partial charge in [0.15, 0.2) is 15.6 Å². The fraction of sp³-hybridized carbons (Fsp3) is 0.600. The molecule has 202 valence electrons. The molecule has 0 spiro atoms. The molecule has 1 atom stereocenters. The SMILES string of the molecule is Cc1nc(N2CCC(S(C)(=O)=O)C2)ccc1Oc1ncnc(OC2CCN(C(=O)OC(C)C)CC2)c1C. The van der Waals surface area contributed by atoms with E-state index in [2.05, 4.69) is 15.0 Å². The Morgan fingerprint density at radius 3 is 2.38 bits per heavy atom. The molecule has 2 aromatic heterocycles. The van der Waals surface area contributed by atoms with Crippen LogP contribution >= 0.6 is 0 Å². The lowest BCUT2D eigenvalue weighted by molar-refractivity contribution is 0.0505. The predicted molar refractivity (Wildman–Crippen MR) is 138 cm³/mol. The largest absolute Gasteiger partial charge is 0.474 e. The standard InChI is InChI=1S/C25H35N5O6S/c1-16(2)34-25(31)29-11-8-19(9-12-29)35-23-17(3)24(27-15-26-23)36-21-6-7-22(28-18(21)4)30-13-10-20(14-30)37(5,32)33/h6-7,15-16,19-20H,8-14H2,1-5H3. The van der Waals surface area contributed by atoms with E-state index in [1.807, 2.05) is 44.7 Å². The number of amides is 1. The van der Waals surface area contributed by atoms with Gasteiger partial charge >= 0.3 is 6.09 Å². The van der Waals surface area contributed by atoms with Crippen LogP contribution in [0.3, 0.4) is 0 Å². The molecule has 11 nitrogen and oxygen atoms in total. The summed E-state index contributed by atoms with van der Waals surface area (Å²) in [6.45, 7) is 9.55. The van der Waals surface area contributed by atoms with Crippen molar-refractivity contribution in [3.63, 3.8) is 0 Å². The first-order chi connectivity index (χ1) is 17.5. The summed E-state index contributed by atoms with van der Waals surface area (Å²) < 4.78 is 41.3. The van der Waals surface area contributed by atoms with Crippen LogP contribution in [0.1, 0.15) is 44.4 Å². The van der Waals surface area contributed by atoms with Crippen LogP contribution in [-0.4, -0.2) is 84.3 Å². The summed E-state index contributed by atoms with van der Waals surface area (Å²) in [5.41, 5.74) is 1.34. The van der Waals surface area contributed by atoms with Crippen molar-refractivity contribution in [2.75, 3.05) is 37.3 Å². The molecule has 37 heavy (non-hydrogen) atoms. The molecule has 2 aromatic rings. The number of sulfone groups is 1. The normalized spacial score (nSPS) is 18.8. The monoisotopic (exact) mass is 533 g/mol. The van der Waals surface area contributed by atoms with Gasteiger partial charge in [-0.25, -0.2) is 28.2 Å². The number of likely N-dealkylation sites (tertiary alicyclic amines) is 1. The third kappa shape index (κ3) is 6.60.